The van der Waals surface area contributed by atoms with Gasteiger partial charge in [-0.25, -0.2) is 4.79 Å². The number of amides is 4. The van der Waals surface area contributed by atoms with Gasteiger partial charge in [0.05, 0.1) is 11.7 Å². The molecule has 248 valence electrons. The van der Waals surface area contributed by atoms with Crippen LogP contribution in [0.4, 0.5) is 4.79 Å². The van der Waals surface area contributed by atoms with Crippen molar-refractivity contribution in [1.82, 2.24) is 21.3 Å². The van der Waals surface area contributed by atoms with Gasteiger partial charge in [0.15, 0.2) is 5.78 Å². The molecule has 0 aliphatic carbocycles. The summed E-state index contributed by atoms with van der Waals surface area (Å²) in [6, 6.07) is 6.33. The molecule has 1 unspecified atom stereocenters. The first-order chi connectivity index (χ1) is 21.1. The number of hydrogen-bond donors (Lipinski definition) is 4. The van der Waals surface area contributed by atoms with Gasteiger partial charge >= 0.3 is 6.09 Å². The highest BCUT2D eigenvalue weighted by atomic mass is 16.6. The van der Waals surface area contributed by atoms with Gasteiger partial charge in [0, 0.05) is 18.5 Å². The highest BCUT2D eigenvalue weighted by Crippen LogP contribution is 2.18. The lowest BCUT2D eigenvalue weighted by atomic mass is 9.96. The minimum absolute atomic E-state index is 0.00963. The molecule has 0 aromatic heterocycles. The van der Waals surface area contributed by atoms with Crippen molar-refractivity contribution < 1.29 is 33.4 Å². The van der Waals surface area contributed by atoms with Gasteiger partial charge in [-0.2, -0.15) is 0 Å². The fourth-order valence-electron chi connectivity index (χ4n) is 4.87. The Kier molecular flexibility index (Phi) is 14.5. The van der Waals surface area contributed by atoms with Crippen LogP contribution in [0, 0.1) is 11.8 Å². The third-order valence-electron chi connectivity index (χ3n) is 7.05. The molecule has 0 bridgehead atoms. The number of carbonyl (C=O) groups excluding carboxylic acids is 5. The van der Waals surface area contributed by atoms with Gasteiger partial charge in [-0.05, 0) is 77.0 Å². The summed E-state index contributed by atoms with van der Waals surface area (Å²) >= 11 is 0. The van der Waals surface area contributed by atoms with E-state index in [0.29, 0.717) is 25.0 Å². The number of allylic oxidation sites excluding steroid dienone is 2. The van der Waals surface area contributed by atoms with E-state index >= 15 is 0 Å². The maximum absolute atomic E-state index is 13.7. The fourth-order valence-corrected chi connectivity index (χ4v) is 4.87. The summed E-state index contributed by atoms with van der Waals surface area (Å²) in [5, 5.41) is 11.1. The number of rotatable bonds is 16. The van der Waals surface area contributed by atoms with Crippen molar-refractivity contribution >= 4 is 29.6 Å². The van der Waals surface area contributed by atoms with E-state index in [4.69, 9.17) is 9.47 Å². The lowest BCUT2D eigenvalue weighted by molar-refractivity contribution is -0.135. The first-order valence-corrected chi connectivity index (χ1v) is 15.5. The summed E-state index contributed by atoms with van der Waals surface area (Å²) in [4.78, 5) is 64.7. The fraction of sp³-hybridized carbons (Fsp3) is 0.559. The Morgan fingerprint density at radius 3 is 2.27 bits per heavy atom. The molecule has 1 aromatic rings. The Hall–Kier alpha value is -3.99. The normalized spacial score (nSPS) is 17.6. The van der Waals surface area contributed by atoms with Gasteiger partial charge in [0.25, 0.3) is 0 Å². The zero-order chi connectivity index (χ0) is 33.7. The molecule has 5 atom stereocenters. The summed E-state index contributed by atoms with van der Waals surface area (Å²) in [5.41, 5.74) is 0.493. The van der Waals surface area contributed by atoms with E-state index in [-0.39, 0.29) is 36.6 Å². The first kappa shape index (κ1) is 37.2. The minimum Gasteiger partial charge on any atom is -0.445 e. The Bertz CT molecular complexity index is 1220. The molecule has 0 radical (unpaired) electrons. The van der Waals surface area contributed by atoms with Crippen LogP contribution in [-0.2, 0) is 35.3 Å². The number of ketones is 1. The third-order valence-corrected chi connectivity index (χ3v) is 7.05. The van der Waals surface area contributed by atoms with E-state index in [9.17, 15) is 24.0 Å². The topological polar surface area (TPSA) is 152 Å². The zero-order valence-electron chi connectivity index (χ0n) is 27.6. The van der Waals surface area contributed by atoms with Gasteiger partial charge in [-0.1, -0.05) is 56.8 Å². The van der Waals surface area contributed by atoms with Gasteiger partial charge in [0.2, 0.25) is 17.7 Å². The van der Waals surface area contributed by atoms with Crippen molar-refractivity contribution in [2.45, 2.75) is 104 Å². The van der Waals surface area contributed by atoms with Crippen molar-refractivity contribution in [2.75, 3.05) is 6.54 Å². The molecular weight excluding hydrogens is 576 g/mol. The molecule has 11 nitrogen and oxygen atoms in total. The summed E-state index contributed by atoms with van der Waals surface area (Å²) < 4.78 is 11.4. The molecule has 1 aliphatic heterocycles. The molecule has 0 spiro atoms. The minimum atomic E-state index is -1.18. The second kappa shape index (κ2) is 17.5. The summed E-state index contributed by atoms with van der Waals surface area (Å²) in [7, 11) is 0. The molecular formula is C34H50N4O7. The molecule has 4 amide bonds. The predicted molar refractivity (Wildman–Crippen MR) is 172 cm³/mol. The molecule has 1 saturated heterocycles. The maximum Gasteiger partial charge on any atom is 0.408 e. The standard InChI is InChI=1S/C34H50N4O7/c1-21(2)18-27(31(41)36-26(14-15-28(39)22(3)4)19-25-16-17-35-30(25)40)37-32(42)29(23(5)45-34(6,7)8)38-33(43)44-20-24-12-10-9-11-13-24/h9-15,21,23,25-27,29H,3,16-20H2,1-2,4-8H3,(H,35,40)(H,36,41)(H,37,42)(H,38,43)/b15-14+/t23?,25-,26+,27-,29-/m0/s1. The number of nitrogens with one attached hydrogen (secondary N) is 4. The van der Waals surface area contributed by atoms with E-state index in [1.54, 1.807) is 19.9 Å². The van der Waals surface area contributed by atoms with E-state index in [0.717, 1.165) is 5.56 Å². The molecule has 4 N–H and O–H groups in total. The summed E-state index contributed by atoms with van der Waals surface area (Å²) in [5.74, 6) is -1.82. The Balaban J connectivity index is 2.24. The molecule has 0 saturated carbocycles. The van der Waals surface area contributed by atoms with Gasteiger partial charge in [0.1, 0.15) is 18.7 Å². The van der Waals surface area contributed by atoms with Crippen LogP contribution in [-0.4, -0.2) is 66.0 Å². The molecule has 1 heterocycles. The highest BCUT2D eigenvalue weighted by molar-refractivity contribution is 6.03. The zero-order valence-corrected chi connectivity index (χ0v) is 27.6. The quantitative estimate of drug-likeness (QED) is 0.204. The van der Waals surface area contributed by atoms with E-state index in [1.165, 1.54) is 6.08 Å². The van der Waals surface area contributed by atoms with Crippen LogP contribution in [0.5, 0.6) is 0 Å². The predicted octanol–water partition coefficient (Wildman–Crippen LogP) is 3.73. The number of ether oxygens (including phenoxy) is 2. The van der Waals surface area contributed by atoms with Crippen LogP contribution in [0.2, 0.25) is 0 Å². The Morgan fingerprint density at radius 1 is 1.04 bits per heavy atom. The first-order valence-electron chi connectivity index (χ1n) is 15.5. The average molecular weight is 627 g/mol. The summed E-state index contributed by atoms with van der Waals surface area (Å²) in [6.45, 7) is 16.8. The third kappa shape index (κ3) is 13.7. The molecule has 1 fully saturated rings. The molecule has 2 rings (SSSR count). The van der Waals surface area contributed by atoms with Gasteiger partial charge in [-0.15, -0.1) is 0 Å². The molecule has 45 heavy (non-hydrogen) atoms. The SMILES string of the molecule is C=C(C)C(=O)/C=C/[C@H](C[C@@H]1CCNC1=O)NC(=O)[C@H](CC(C)C)NC(=O)[C@@H](NC(=O)OCc1ccccc1)C(C)OC(C)(C)C. The second-order valence-electron chi connectivity index (χ2n) is 12.9. The number of carbonyl (C=O) groups is 5. The van der Waals surface area contributed by atoms with Crippen LogP contribution in [0.3, 0.4) is 0 Å². The number of benzene rings is 1. The van der Waals surface area contributed by atoms with E-state index in [2.05, 4.69) is 27.8 Å². The van der Waals surface area contributed by atoms with Crippen molar-refractivity contribution in [3.8, 4) is 0 Å². The average Bonchev–Trinajstić information content (AvgIpc) is 3.35. The Labute approximate surface area is 266 Å². The van der Waals surface area contributed by atoms with Crippen LogP contribution < -0.4 is 21.3 Å². The van der Waals surface area contributed by atoms with Gasteiger partial charge < -0.3 is 30.7 Å². The van der Waals surface area contributed by atoms with E-state index in [1.807, 2.05) is 65.0 Å². The molecule has 1 aromatic carbocycles. The van der Waals surface area contributed by atoms with Crippen LogP contribution in [0.15, 0.2) is 54.6 Å². The highest BCUT2D eigenvalue weighted by Gasteiger charge is 2.35. The second-order valence-corrected chi connectivity index (χ2v) is 12.9. The largest absolute Gasteiger partial charge is 0.445 e. The maximum atomic E-state index is 13.7. The number of hydrogen-bond acceptors (Lipinski definition) is 7. The van der Waals surface area contributed by atoms with Crippen molar-refractivity contribution in [1.29, 1.82) is 0 Å². The monoisotopic (exact) mass is 626 g/mol. The number of alkyl carbamates (subject to hydrolysis) is 1. The summed E-state index contributed by atoms with van der Waals surface area (Å²) in [6.07, 6.45) is 2.50. The van der Waals surface area contributed by atoms with Crippen molar-refractivity contribution in [2.24, 2.45) is 11.8 Å². The Morgan fingerprint density at radius 2 is 1.71 bits per heavy atom. The van der Waals surface area contributed by atoms with Crippen LogP contribution in [0.25, 0.3) is 0 Å². The lowest BCUT2D eigenvalue weighted by Crippen LogP contribution is -2.59. The smallest absolute Gasteiger partial charge is 0.408 e. The van der Waals surface area contributed by atoms with Crippen molar-refractivity contribution in [3.05, 3.63) is 60.2 Å². The van der Waals surface area contributed by atoms with Crippen molar-refractivity contribution in [3.63, 3.8) is 0 Å². The van der Waals surface area contributed by atoms with Crippen LogP contribution >= 0.6 is 0 Å². The van der Waals surface area contributed by atoms with E-state index < -0.39 is 47.7 Å². The molecule has 1 aliphatic rings. The van der Waals surface area contributed by atoms with Crippen LogP contribution in [0.1, 0.15) is 73.3 Å². The van der Waals surface area contributed by atoms with Gasteiger partial charge in [-0.3, -0.25) is 19.2 Å². The lowest BCUT2D eigenvalue weighted by Gasteiger charge is -2.32. The molecule has 11 heteroatoms.